The molecule has 2 aromatic carbocycles. The predicted molar refractivity (Wildman–Crippen MR) is 134 cm³/mol. The van der Waals surface area contributed by atoms with Crippen LogP contribution in [0.3, 0.4) is 0 Å². The minimum Gasteiger partial charge on any atom is -0.459 e. The van der Waals surface area contributed by atoms with Crippen molar-refractivity contribution in [1.82, 2.24) is 14.8 Å². The van der Waals surface area contributed by atoms with Crippen molar-refractivity contribution in [3.8, 4) is 0 Å². The van der Waals surface area contributed by atoms with Gasteiger partial charge in [0.05, 0.1) is 11.8 Å². The van der Waals surface area contributed by atoms with Crippen molar-refractivity contribution in [2.75, 3.05) is 20.1 Å². The van der Waals surface area contributed by atoms with E-state index in [1.54, 1.807) is 24.1 Å². The number of amides is 1. The molecule has 36 heavy (non-hydrogen) atoms. The van der Waals surface area contributed by atoms with Crippen LogP contribution in [-0.4, -0.2) is 46.9 Å². The maximum Gasteiger partial charge on any atom is 0.289 e. The molecule has 1 saturated heterocycles. The van der Waals surface area contributed by atoms with Crippen LogP contribution in [0.5, 0.6) is 0 Å². The zero-order valence-electron chi connectivity index (χ0n) is 20.2. The fraction of sp³-hybridized carbons (Fsp3) is 0.310. The number of fused-ring (bicyclic) bond motifs is 1. The fourth-order valence-corrected chi connectivity index (χ4v) is 5.30. The van der Waals surface area contributed by atoms with Crippen molar-refractivity contribution in [2.45, 2.75) is 31.8 Å². The molecular formula is C29H29F2N3O2. The summed E-state index contributed by atoms with van der Waals surface area (Å²) in [6.45, 7) is 2.56. The van der Waals surface area contributed by atoms with Crippen LogP contribution in [0, 0.1) is 17.6 Å². The van der Waals surface area contributed by atoms with E-state index in [0.717, 1.165) is 49.4 Å². The quantitative estimate of drug-likeness (QED) is 0.334. The molecule has 1 fully saturated rings. The molecule has 1 atom stereocenters. The second-order valence-corrected chi connectivity index (χ2v) is 9.50. The van der Waals surface area contributed by atoms with Gasteiger partial charge in [-0.1, -0.05) is 24.3 Å². The molecule has 1 amide bonds. The van der Waals surface area contributed by atoms with Crippen LogP contribution in [0.1, 0.15) is 34.5 Å². The van der Waals surface area contributed by atoms with Gasteiger partial charge in [-0.2, -0.15) is 0 Å². The summed E-state index contributed by atoms with van der Waals surface area (Å²) in [5.74, 6) is -1.00. The Bertz CT molecular complexity index is 1330. The predicted octanol–water partition coefficient (Wildman–Crippen LogP) is 5.70. The number of halogens is 2. The molecular weight excluding hydrogens is 460 g/mol. The molecule has 5 rings (SSSR count). The van der Waals surface area contributed by atoms with Crippen LogP contribution in [0.4, 0.5) is 8.78 Å². The molecule has 0 aliphatic carbocycles. The SMILES string of the molecule is CN(C(=O)c1ccco1)[C@H](Cc1ccc(F)cc1F)C1CCN(Cc2cccc3ncccc23)CC1. The maximum atomic E-state index is 14.6. The number of hydrogen-bond donors (Lipinski definition) is 0. The number of aromatic nitrogens is 1. The van der Waals surface area contributed by atoms with Gasteiger partial charge in [0.2, 0.25) is 0 Å². The molecule has 0 spiro atoms. The third-order valence-corrected chi connectivity index (χ3v) is 7.30. The number of rotatable bonds is 7. The maximum absolute atomic E-state index is 14.6. The Balaban J connectivity index is 1.32. The molecule has 1 aliphatic heterocycles. The lowest BCUT2D eigenvalue weighted by Gasteiger charge is -2.40. The number of furan rings is 1. The highest BCUT2D eigenvalue weighted by molar-refractivity contribution is 5.91. The standard InChI is InChI=1S/C29H29F2N3O2/c1-33(29(35)28-8-4-16-36-28)27(17-21-9-10-23(30)18-25(21)31)20-11-14-34(15-12-20)19-22-5-2-7-26-24(22)6-3-13-32-26/h2-10,13,16,18,20,27H,11-12,14-15,17,19H2,1H3/t27-/m1/s1. The first-order chi connectivity index (χ1) is 17.5. The lowest BCUT2D eigenvalue weighted by atomic mass is 9.84. The van der Waals surface area contributed by atoms with E-state index in [4.69, 9.17) is 4.42 Å². The number of likely N-dealkylation sites (tertiary alicyclic amines) is 1. The molecule has 0 saturated carbocycles. The van der Waals surface area contributed by atoms with Crippen molar-refractivity contribution >= 4 is 16.8 Å². The van der Waals surface area contributed by atoms with Crippen LogP contribution in [0.15, 0.2) is 77.5 Å². The van der Waals surface area contributed by atoms with Gasteiger partial charge in [0, 0.05) is 37.3 Å². The minimum absolute atomic E-state index is 0.170. The van der Waals surface area contributed by atoms with Crippen molar-refractivity contribution in [3.05, 3.63) is 102 Å². The Morgan fingerprint density at radius 3 is 2.67 bits per heavy atom. The second kappa shape index (κ2) is 10.6. The van der Waals surface area contributed by atoms with Crippen molar-refractivity contribution < 1.29 is 18.0 Å². The first kappa shape index (κ1) is 24.1. The lowest BCUT2D eigenvalue weighted by molar-refractivity contribution is 0.0554. The van der Waals surface area contributed by atoms with Crippen LogP contribution in [0.25, 0.3) is 10.9 Å². The van der Waals surface area contributed by atoms with Gasteiger partial charge in [-0.05, 0) is 79.7 Å². The van der Waals surface area contributed by atoms with E-state index >= 15 is 0 Å². The Kier molecular flexibility index (Phi) is 7.09. The second-order valence-electron chi connectivity index (χ2n) is 9.50. The highest BCUT2D eigenvalue weighted by Crippen LogP contribution is 2.29. The third kappa shape index (κ3) is 5.16. The summed E-state index contributed by atoms with van der Waals surface area (Å²) >= 11 is 0. The van der Waals surface area contributed by atoms with Crippen molar-refractivity contribution in [3.63, 3.8) is 0 Å². The summed E-state index contributed by atoms with van der Waals surface area (Å²) in [6.07, 6.45) is 5.33. The number of carbonyl (C=O) groups excluding carboxylic acids is 1. The van der Waals surface area contributed by atoms with Gasteiger partial charge in [0.25, 0.3) is 5.91 Å². The molecule has 0 N–H and O–H groups in total. The van der Waals surface area contributed by atoms with E-state index < -0.39 is 11.6 Å². The number of carbonyl (C=O) groups is 1. The van der Waals surface area contributed by atoms with Crippen molar-refractivity contribution in [1.29, 1.82) is 0 Å². The Labute approximate surface area is 209 Å². The zero-order chi connectivity index (χ0) is 25.1. The molecule has 5 nitrogen and oxygen atoms in total. The van der Waals surface area contributed by atoms with Gasteiger partial charge < -0.3 is 9.32 Å². The monoisotopic (exact) mass is 489 g/mol. The first-order valence-electron chi connectivity index (χ1n) is 12.3. The third-order valence-electron chi connectivity index (χ3n) is 7.30. The van der Waals surface area contributed by atoms with Crippen molar-refractivity contribution in [2.24, 2.45) is 5.92 Å². The smallest absolute Gasteiger partial charge is 0.289 e. The molecule has 0 bridgehead atoms. The summed E-state index contributed by atoms with van der Waals surface area (Å²) in [7, 11) is 1.74. The van der Waals surface area contributed by atoms with Gasteiger partial charge in [0.1, 0.15) is 11.6 Å². The lowest BCUT2D eigenvalue weighted by Crippen LogP contribution is -2.47. The number of nitrogens with zero attached hydrogens (tertiary/aromatic N) is 3. The summed E-state index contributed by atoms with van der Waals surface area (Å²) in [4.78, 5) is 21.7. The summed E-state index contributed by atoms with van der Waals surface area (Å²) in [5.41, 5.74) is 2.64. The topological polar surface area (TPSA) is 49.6 Å². The first-order valence-corrected chi connectivity index (χ1v) is 12.3. The van der Waals surface area contributed by atoms with E-state index in [1.807, 2.05) is 24.4 Å². The van der Waals surface area contributed by atoms with Gasteiger partial charge in [-0.25, -0.2) is 8.78 Å². The Morgan fingerprint density at radius 2 is 1.92 bits per heavy atom. The Hall–Kier alpha value is -3.58. The fourth-order valence-electron chi connectivity index (χ4n) is 5.30. The highest BCUT2D eigenvalue weighted by Gasteiger charge is 2.33. The van der Waals surface area contributed by atoms with E-state index in [0.29, 0.717) is 12.0 Å². The average molecular weight is 490 g/mol. The van der Waals surface area contributed by atoms with E-state index in [2.05, 4.69) is 22.0 Å². The molecule has 2 aromatic heterocycles. The molecule has 4 aromatic rings. The average Bonchev–Trinajstić information content (AvgIpc) is 3.43. The largest absolute Gasteiger partial charge is 0.459 e. The minimum atomic E-state index is -0.607. The molecule has 0 radical (unpaired) electrons. The number of benzene rings is 2. The summed E-state index contributed by atoms with van der Waals surface area (Å²) in [6, 6.07) is 17.0. The molecule has 186 valence electrons. The molecule has 7 heteroatoms. The normalized spacial score (nSPS) is 15.8. The van der Waals surface area contributed by atoms with E-state index in [1.165, 1.54) is 24.0 Å². The zero-order valence-corrected chi connectivity index (χ0v) is 20.2. The molecule has 1 aliphatic rings. The molecule has 0 unspecified atom stereocenters. The van der Waals surface area contributed by atoms with Crippen LogP contribution >= 0.6 is 0 Å². The number of hydrogen-bond acceptors (Lipinski definition) is 4. The van der Waals surface area contributed by atoms with Gasteiger partial charge in [-0.15, -0.1) is 0 Å². The highest BCUT2D eigenvalue weighted by atomic mass is 19.1. The van der Waals surface area contributed by atoms with Crippen LogP contribution in [-0.2, 0) is 13.0 Å². The van der Waals surface area contributed by atoms with Crippen LogP contribution < -0.4 is 0 Å². The number of likely N-dealkylation sites (N-methyl/N-ethyl adjacent to an activating group) is 1. The van der Waals surface area contributed by atoms with E-state index in [-0.39, 0.29) is 23.6 Å². The number of pyridine rings is 1. The van der Waals surface area contributed by atoms with Gasteiger partial charge in [0.15, 0.2) is 5.76 Å². The number of piperidine rings is 1. The Morgan fingerprint density at radius 1 is 1.08 bits per heavy atom. The van der Waals surface area contributed by atoms with Gasteiger partial charge in [-0.3, -0.25) is 14.7 Å². The van der Waals surface area contributed by atoms with Crippen LogP contribution in [0.2, 0.25) is 0 Å². The summed E-state index contributed by atoms with van der Waals surface area (Å²) < 4.78 is 33.4. The van der Waals surface area contributed by atoms with E-state index in [9.17, 15) is 13.6 Å². The molecule has 3 heterocycles. The van der Waals surface area contributed by atoms with Gasteiger partial charge >= 0.3 is 0 Å². The summed E-state index contributed by atoms with van der Waals surface area (Å²) in [5, 5.41) is 1.16.